The van der Waals surface area contributed by atoms with Gasteiger partial charge in [0.1, 0.15) is 11.9 Å². The number of nitrogens with two attached hydrogens (primary N) is 1. The molecule has 1 aromatic rings. The van der Waals surface area contributed by atoms with E-state index in [1.54, 1.807) is 0 Å². The Morgan fingerprint density at radius 3 is 2.53 bits per heavy atom. The lowest BCUT2D eigenvalue weighted by atomic mass is 9.96. The van der Waals surface area contributed by atoms with Gasteiger partial charge in [-0.25, -0.2) is 8.42 Å². The van der Waals surface area contributed by atoms with Crippen LogP contribution in [0.2, 0.25) is 0 Å². The summed E-state index contributed by atoms with van der Waals surface area (Å²) in [4.78, 5) is 0. The van der Waals surface area contributed by atoms with Gasteiger partial charge in [0.15, 0.2) is 9.84 Å². The van der Waals surface area contributed by atoms with Crippen molar-refractivity contribution in [2.75, 3.05) is 18.1 Å². The molecule has 1 aliphatic carbocycles. The molecule has 0 radical (unpaired) electrons. The number of rotatable bonds is 4. The predicted molar refractivity (Wildman–Crippen MR) is 77.2 cm³/mol. The third-order valence-corrected chi connectivity index (χ3v) is 6.34. The molecule has 1 saturated heterocycles. The highest BCUT2D eigenvalue weighted by atomic mass is 79.9. The molecule has 2 aliphatic rings. The molecule has 1 aliphatic heterocycles. The van der Waals surface area contributed by atoms with E-state index in [4.69, 9.17) is 10.5 Å². The maximum Gasteiger partial charge on any atom is 0.157 e. The Hall–Kier alpha value is -0.590. The van der Waals surface area contributed by atoms with Gasteiger partial charge in [-0.1, -0.05) is 6.07 Å². The van der Waals surface area contributed by atoms with Crippen molar-refractivity contribution in [3.05, 3.63) is 28.2 Å². The number of hydrogen-bond donors (Lipinski definition) is 1. The van der Waals surface area contributed by atoms with Crippen molar-refractivity contribution in [1.29, 1.82) is 0 Å². The second-order valence-corrected chi connectivity index (χ2v) is 8.45. The first-order valence-electron chi connectivity index (χ1n) is 6.31. The fourth-order valence-electron chi connectivity index (χ4n) is 2.45. The van der Waals surface area contributed by atoms with Gasteiger partial charge in [0.25, 0.3) is 0 Å². The van der Waals surface area contributed by atoms with Gasteiger partial charge in [0.2, 0.25) is 0 Å². The molecular weight excluding hydrogens is 330 g/mol. The zero-order valence-corrected chi connectivity index (χ0v) is 12.8. The van der Waals surface area contributed by atoms with Crippen molar-refractivity contribution in [3.63, 3.8) is 0 Å². The number of sulfone groups is 1. The Labute approximate surface area is 121 Å². The third kappa shape index (κ3) is 2.53. The fourth-order valence-corrected chi connectivity index (χ4v) is 4.10. The van der Waals surface area contributed by atoms with Gasteiger partial charge in [-0.3, -0.25) is 0 Å². The summed E-state index contributed by atoms with van der Waals surface area (Å²) in [5.74, 6) is 0.943. The summed E-state index contributed by atoms with van der Waals surface area (Å²) in [5.41, 5.74) is 7.20. The van der Waals surface area contributed by atoms with E-state index >= 15 is 0 Å². The molecule has 3 rings (SSSR count). The molecule has 2 fully saturated rings. The minimum absolute atomic E-state index is 0.119. The van der Waals surface area contributed by atoms with Crippen LogP contribution in [0.1, 0.15) is 18.4 Å². The molecule has 0 amide bonds. The quantitative estimate of drug-likeness (QED) is 0.899. The molecule has 0 unspecified atom stereocenters. The second-order valence-electron chi connectivity index (χ2n) is 5.45. The standard InChI is InChI=1S/C13H16BrNO3S/c14-11-5-9(13(8-15)3-4-13)1-2-12(11)18-10-6-19(16,17)7-10/h1-2,5,10H,3-4,6-8,15H2. The molecule has 0 bridgehead atoms. The Morgan fingerprint density at radius 1 is 1.37 bits per heavy atom. The van der Waals surface area contributed by atoms with Crippen LogP contribution in [0.5, 0.6) is 5.75 Å². The lowest BCUT2D eigenvalue weighted by Crippen LogP contribution is -2.45. The SMILES string of the molecule is NCC1(c2ccc(OC3CS(=O)(=O)C3)c(Br)c2)CC1. The summed E-state index contributed by atoms with van der Waals surface area (Å²) in [5, 5.41) is 0. The minimum atomic E-state index is -2.85. The highest BCUT2D eigenvalue weighted by molar-refractivity contribution is 9.10. The molecule has 6 heteroatoms. The van der Waals surface area contributed by atoms with Crippen LogP contribution in [0, 0.1) is 0 Å². The van der Waals surface area contributed by atoms with E-state index in [-0.39, 0.29) is 23.0 Å². The number of halogens is 1. The third-order valence-electron chi connectivity index (χ3n) is 3.96. The van der Waals surface area contributed by atoms with E-state index in [0.717, 1.165) is 17.3 Å². The number of ether oxygens (including phenoxy) is 1. The van der Waals surface area contributed by atoms with Crippen molar-refractivity contribution in [2.45, 2.75) is 24.4 Å². The molecule has 0 aromatic heterocycles. The van der Waals surface area contributed by atoms with Crippen LogP contribution < -0.4 is 10.5 Å². The van der Waals surface area contributed by atoms with Crippen LogP contribution in [0.4, 0.5) is 0 Å². The van der Waals surface area contributed by atoms with Crippen LogP contribution >= 0.6 is 15.9 Å². The van der Waals surface area contributed by atoms with Gasteiger partial charge >= 0.3 is 0 Å². The van der Waals surface area contributed by atoms with E-state index in [2.05, 4.69) is 15.9 Å². The predicted octanol–water partition coefficient (Wildman–Crippen LogP) is 1.62. The van der Waals surface area contributed by atoms with E-state index in [0.29, 0.717) is 12.3 Å². The van der Waals surface area contributed by atoms with Crippen molar-refractivity contribution in [2.24, 2.45) is 5.73 Å². The molecule has 1 saturated carbocycles. The zero-order chi connectivity index (χ0) is 13.7. The maximum absolute atomic E-state index is 11.1. The summed E-state index contributed by atoms with van der Waals surface area (Å²) in [6, 6.07) is 5.98. The Morgan fingerprint density at radius 2 is 2.05 bits per heavy atom. The first-order chi connectivity index (χ1) is 8.94. The number of hydrogen-bond acceptors (Lipinski definition) is 4. The molecule has 19 heavy (non-hydrogen) atoms. The van der Waals surface area contributed by atoms with Gasteiger partial charge < -0.3 is 10.5 Å². The molecule has 0 atom stereocenters. The van der Waals surface area contributed by atoms with Crippen LogP contribution in [-0.4, -0.2) is 32.6 Å². The number of benzene rings is 1. The monoisotopic (exact) mass is 345 g/mol. The largest absolute Gasteiger partial charge is 0.487 e. The molecule has 104 valence electrons. The van der Waals surface area contributed by atoms with E-state index in [9.17, 15) is 8.42 Å². The summed E-state index contributed by atoms with van der Waals surface area (Å²) >= 11 is 3.49. The molecule has 1 aromatic carbocycles. The minimum Gasteiger partial charge on any atom is -0.487 e. The average Bonchev–Trinajstić information content (AvgIpc) is 3.10. The van der Waals surface area contributed by atoms with Gasteiger partial charge in [-0.05, 0) is 46.5 Å². The lowest BCUT2D eigenvalue weighted by Gasteiger charge is -2.27. The lowest BCUT2D eigenvalue weighted by molar-refractivity contribution is 0.229. The van der Waals surface area contributed by atoms with E-state index < -0.39 is 9.84 Å². The van der Waals surface area contributed by atoms with Crippen molar-refractivity contribution in [1.82, 2.24) is 0 Å². The van der Waals surface area contributed by atoms with Crippen molar-refractivity contribution >= 4 is 25.8 Å². The maximum atomic E-state index is 11.1. The smallest absolute Gasteiger partial charge is 0.157 e. The summed E-state index contributed by atoms with van der Waals surface area (Å²) in [6.45, 7) is 0.667. The highest BCUT2D eigenvalue weighted by Crippen LogP contribution is 2.48. The van der Waals surface area contributed by atoms with Gasteiger partial charge in [0, 0.05) is 12.0 Å². The average molecular weight is 346 g/mol. The highest BCUT2D eigenvalue weighted by Gasteiger charge is 2.43. The van der Waals surface area contributed by atoms with Crippen LogP contribution in [0.25, 0.3) is 0 Å². The summed E-state index contributed by atoms with van der Waals surface area (Å²) in [6.07, 6.45) is 2.06. The summed E-state index contributed by atoms with van der Waals surface area (Å²) < 4.78 is 28.7. The van der Waals surface area contributed by atoms with E-state index in [1.165, 1.54) is 5.56 Å². The molecule has 2 N–H and O–H groups in total. The van der Waals surface area contributed by atoms with Crippen molar-refractivity contribution < 1.29 is 13.2 Å². The second kappa shape index (κ2) is 4.46. The van der Waals surface area contributed by atoms with Gasteiger partial charge in [-0.15, -0.1) is 0 Å². The first-order valence-corrected chi connectivity index (χ1v) is 8.93. The Balaban J connectivity index is 1.74. The Kier molecular flexibility index (Phi) is 3.15. The van der Waals surface area contributed by atoms with Crippen LogP contribution in [0.3, 0.4) is 0 Å². The molecule has 0 spiro atoms. The molecular formula is C13H16BrNO3S. The Bertz CT molecular complexity index is 598. The molecule has 1 heterocycles. The summed E-state index contributed by atoms with van der Waals surface area (Å²) in [7, 11) is -2.85. The van der Waals surface area contributed by atoms with Gasteiger partial charge in [0.05, 0.1) is 16.0 Å². The molecule has 4 nitrogen and oxygen atoms in total. The van der Waals surface area contributed by atoms with Crippen LogP contribution in [0.15, 0.2) is 22.7 Å². The van der Waals surface area contributed by atoms with Gasteiger partial charge in [-0.2, -0.15) is 0 Å². The first kappa shape index (κ1) is 13.4. The normalized spacial score (nSPS) is 23.7. The fraction of sp³-hybridized carbons (Fsp3) is 0.538. The van der Waals surface area contributed by atoms with Crippen molar-refractivity contribution in [3.8, 4) is 5.75 Å². The zero-order valence-electron chi connectivity index (χ0n) is 10.4. The van der Waals surface area contributed by atoms with Crippen LogP contribution in [-0.2, 0) is 15.3 Å². The van der Waals surface area contributed by atoms with E-state index in [1.807, 2.05) is 18.2 Å². The topological polar surface area (TPSA) is 69.4 Å².